The lowest BCUT2D eigenvalue weighted by molar-refractivity contribution is -0.132. The second-order valence-electron chi connectivity index (χ2n) is 4.48. The largest absolute Gasteiger partial charge is 0.478 e. The number of nitrogens with zero attached hydrogens (tertiary/aromatic N) is 1. The highest BCUT2D eigenvalue weighted by Gasteiger charge is 2.09. The van der Waals surface area contributed by atoms with E-state index in [1.807, 2.05) is 0 Å². The zero-order valence-corrected chi connectivity index (χ0v) is 11.0. The zero-order chi connectivity index (χ0) is 14.5. The molecule has 1 aromatic carbocycles. The van der Waals surface area contributed by atoms with Gasteiger partial charge in [0.15, 0.2) is 0 Å². The Labute approximate surface area is 117 Å². The van der Waals surface area contributed by atoms with Gasteiger partial charge < -0.3 is 10.2 Å². The summed E-state index contributed by atoms with van der Waals surface area (Å²) in [6.07, 6.45) is 4.14. The fourth-order valence-corrected chi connectivity index (χ4v) is 1.82. The first-order chi connectivity index (χ1) is 9.58. The minimum absolute atomic E-state index is 0.271. The summed E-state index contributed by atoms with van der Waals surface area (Å²) >= 11 is 0. The monoisotopic (exact) mass is 269 g/mol. The number of hydrogen-bond acceptors (Lipinski definition) is 3. The van der Waals surface area contributed by atoms with Crippen LogP contribution in [0.5, 0.6) is 0 Å². The average molecular weight is 269 g/mol. The number of benzene rings is 1. The van der Waals surface area contributed by atoms with Crippen molar-refractivity contribution in [1.82, 2.24) is 4.98 Å². The number of carboxylic acid groups (broad SMARTS) is 1. The maximum absolute atomic E-state index is 10.7. The highest BCUT2D eigenvalue weighted by Crippen LogP contribution is 2.22. The van der Waals surface area contributed by atoms with Crippen LogP contribution in [0.4, 0.5) is 0 Å². The van der Waals surface area contributed by atoms with E-state index in [0.717, 1.165) is 16.7 Å². The van der Waals surface area contributed by atoms with E-state index >= 15 is 0 Å². The topological polar surface area (TPSA) is 70.4 Å². The fraction of sp³-hybridized carbons (Fsp3) is 0.125. The molecule has 4 nitrogen and oxygen atoms in total. The van der Waals surface area contributed by atoms with E-state index in [1.165, 1.54) is 0 Å². The van der Waals surface area contributed by atoms with Gasteiger partial charge in [0.05, 0.1) is 0 Å². The first kappa shape index (κ1) is 14.0. The van der Waals surface area contributed by atoms with Crippen LogP contribution in [0.2, 0.25) is 0 Å². The first-order valence-electron chi connectivity index (χ1n) is 6.17. The number of pyridine rings is 1. The summed E-state index contributed by atoms with van der Waals surface area (Å²) in [5, 5.41) is 19.0. The van der Waals surface area contributed by atoms with Gasteiger partial charge in [0.25, 0.3) is 0 Å². The number of carboxylic acids is 1. The van der Waals surface area contributed by atoms with Gasteiger partial charge in [-0.3, -0.25) is 4.98 Å². The van der Waals surface area contributed by atoms with Crippen molar-refractivity contribution in [2.45, 2.75) is 13.0 Å². The summed E-state index contributed by atoms with van der Waals surface area (Å²) in [6, 6.07) is 10.6. The van der Waals surface area contributed by atoms with Gasteiger partial charge in [-0.15, -0.1) is 0 Å². The summed E-state index contributed by atoms with van der Waals surface area (Å²) in [7, 11) is 0. The van der Waals surface area contributed by atoms with Crippen LogP contribution in [-0.2, 0) is 4.79 Å². The first-order valence-corrected chi connectivity index (χ1v) is 6.17. The maximum Gasteiger partial charge on any atom is 0.331 e. The Morgan fingerprint density at radius 1 is 1.10 bits per heavy atom. The van der Waals surface area contributed by atoms with Crippen LogP contribution >= 0.6 is 0 Å². The molecule has 1 unspecified atom stereocenters. The third-order valence-electron chi connectivity index (χ3n) is 2.99. The molecule has 1 atom stereocenters. The predicted molar refractivity (Wildman–Crippen MR) is 76.0 cm³/mol. The van der Waals surface area contributed by atoms with Crippen molar-refractivity contribution in [3.8, 4) is 0 Å². The van der Waals surface area contributed by atoms with Crippen LogP contribution in [0.1, 0.15) is 29.7 Å². The second kappa shape index (κ2) is 6.12. The number of rotatable bonds is 4. The number of aliphatic carboxylic acids is 1. The van der Waals surface area contributed by atoms with Crippen LogP contribution in [0.25, 0.3) is 6.08 Å². The molecule has 0 bridgehead atoms. The second-order valence-corrected chi connectivity index (χ2v) is 4.48. The average Bonchev–Trinajstić information content (AvgIpc) is 2.48. The van der Waals surface area contributed by atoms with Crippen molar-refractivity contribution in [2.75, 3.05) is 0 Å². The van der Waals surface area contributed by atoms with Crippen molar-refractivity contribution < 1.29 is 15.0 Å². The summed E-state index contributed by atoms with van der Waals surface area (Å²) < 4.78 is 0. The van der Waals surface area contributed by atoms with E-state index in [-0.39, 0.29) is 5.57 Å². The Balaban J connectivity index is 2.21. The third-order valence-corrected chi connectivity index (χ3v) is 2.99. The fourth-order valence-electron chi connectivity index (χ4n) is 1.82. The normalized spacial score (nSPS) is 13.0. The van der Waals surface area contributed by atoms with Crippen molar-refractivity contribution in [3.63, 3.8) is 0 Å². The van der Waals surface area contributed by atoms with Crippen LogP contribution < -0.4 is 0 Å². The van der Waals surface area contributed by atoms with Gasteiger partial charge in [0.2, 0.25) is 0 Å². The molecule has 20 heavy (non-hydrogen) atoms. The Hall–Kier alpha value is -2.46. The van der Waals surface area contributed by atoms with Gasteiger partial charge in [-0.05, 0) is 41.8 Å². The number of carbonyl (C=O) groups is 1. The van der Waals surface area contributed by atoms with E-state index in [1.54, 1.807) is 61.8 Å². The number of hydrogen-bond donors (Lipinski definition) is 2. The van der Waals surface area contributed by atoms with Crippen molar-refractivity contribution in [2.24, 2.45) is 0 Å². The van der Waals surface area contributed by atoms with Crippen molar-refractivity contribution >= 4 is 12.0 Å². The van der Waals surface area contributed by atoms with Gasteiger partial charge in [-0.1, -0.05) is 24.3 Å². The molecule has 0 aliphatic carbocycles. The third kappa shape index (κ3) is 3.30. The molecule has 2 N–H and O–H groups in total. The van der Waals surface area contributed by atoms with Crippen LogP contribution in [0, 0.1) is 0 Å². The number of aliphatic hydroxyl groups excluding tert-OH is 1. The molecule has 1 heterocycles. The van der Waals surface area contributed by atoms with Crippen LogP contribution in [0.15, 0.2) is 54.4 Å². The van der Waals surface area contributed by atoms with Crippen molar-refractivity contribution in [1.29, 1.82) is 0 Å². The summed E-state index contributed by atoms with van der Waals surface area (Å²) in [6.45, 7) is 1.54. The van der Waals surface area contributed by atoms with Gasteiger partial charge in [-0.25, -0.2) is 4.79 Å². The minimum atomic E-state index is -0.939. The molecule has 0 saturated carbocycles. The molecule has 102 valence electrons. The molecule has 0 fully saturated rings. The Morgan fingerprint density at radius 2 is 1.65 bits per heavy atom. The molecule has 2 aromatic rings. The highest BCUT2D eigenvalue weighted by molar-refractivity contribution is 5.91. The van der Waals surface area contributed by atoms with E-state index in [9.17, 15) is 9.90 Å². The smallest absolute Gasteiger partial charge is 0.331 e. The molecular weight excluding hydrogens is 254 g/mol. The molecule has 0 amide bonds. The molecule has 1 aromatic heterocycles. The van der Waals surface area contributed by atoms with Gasteiger partial charge in [-0.2, -0.15) is 0 Å². The number of aromatic nitrogens is 1. The van der Waals surface area contributed by atoms with Crippen molar-refractivity contribution in [3.05, 3.63) is 71.1 Å². The van der Waals surface area contributed by atoms with Crippen LogP contribution in [-0.4, -0.2) is 21.2 Å². The summed E-state index contributed by atoms with van der Waals surface area (Å²) in [5.74, 6) is -0.939. The molecular formula is C16H15NO3. The van der Waals surface area contributed by atoms with Crippen LogP contribution in [0.3, 0.4) is 0 Å². The van der Waals surface area contributed by atoms with E-state index < -0.39 is 12.1 Å². The minimum Gasteiger partial charge on any atom is -0.478 e. The Kier molecular flexibility index (Phi) is 4.27. The lowest BCUT2D eigenvalue weighted by Crippen LogP contribution is -1.99. The summed E-state index contributed by atoms with van der Waals surface area (Å²) in [4.78, 5) is 14.7. The Morgan fingerprint density at radius 3 is 2.20 bits per heavy atom. The molecule has 0 saturated heterocycles. The van der Waals surface area contributed by atoms with E-state index in [2.05, 4.69) is 4.98 Å². The SMILES string of the molecule is C/C(=C\c1ccc(C(O)c2ccncc2)cc1)C(=O)O. The number of aliphatic hydroxyl groups is 1. The molecule has 0 spiro atoms. The molecule has 4 heteroatoms. The molecule has 0 radical (unpaired) electrons. The maximum atomic E-state index is 10.7. The Bertz CT molecular complexity index is 618. The lowest BCUT2D eigenvalue weighted by Gasteiger charge is -2.11. The standard InChI is InChI=1S/C16H15NO3/c1-11(16(19)20)10-12-2-4-13(5-3-12)15(18)14-6-8-17-9-7-14/h2-10,15,18H,1H3,(H,19,20)/b11-10+. The molecule has 0 aliphatic rings. The van der Waals surface area contributed by atoms with Gasteiger partial charge in [0.1, 0.15) is 6.10 Å². The molecule has 0 aliphatic heterocycles. The molecule has 2 rings (SSSR count). The van der Waals surface area contributed by atoms with Gasteiger partial charge in [0, 0.05) is 18.0 Å². The van der Waals surface area contributed by atoms with Gasteiger partial charge >= 0.3 is 5.97 Å². The quantitative estimate of drug-likeness (QED) is 0.837. The van der Waals surface area contributed by atoms with E-state index in [0.29, 0.717) is 0 Å². The highest BCUT2D eigenvalue weighted by atomic mass is 16.4. The zero-order valence-electron chi connectivity index (χ0n) is 11.0. The summed E-state index contributed by atoms with van der Waals surface area (Å²) in [5.41, 5.74) is 2.58. The lowest BCUT2D eigenvalue weighted by atomic mass is 10.0. The predicted octanol–water partition coefficient (Wildman–Crippen LogP) is 2.65. The van der Waals surface area contributed by atoms with E-state index in [4.69, 9.17) is 5.11 Å².